The van der Waals surface area contributed by atoms with Crippen molar-refractivity contribution in [2.24, 2.45) is 5.92 Å². The molecule has 2 aliphatic rings. The van der Waals surface area contributed by atoms with Crippen LogP contribution in [0.3, 0.4) is 0 Å². The summed E-state index contributed by atoms with van der Waals surface area (Å²) in [6.45, 7) is 6.47. The molecule has 1 fully saturated rings. The van der Waals surface area contributed by atoms with Crippen LogP contribution in [0, 0.1) is 5.92 Å². The van der Waals surface area contributed by atoms with E-state index in [-0.39, 0.29) is 6.04 Å². The van der Waals surface area contributed by atoms with E-state index in [0.717, 1.165) is 13.2 Å². The van der Waals surface area contributed by atoms with Gasteiger partial charge in [-0.15, -0.1) is 0 Å². The molecule has 1 saturated heterocycles. The molecule has 3 nitrogen and oxygen atoms in total. The van der Waals surface area contributed by atoms with E-state index in [1.165, 1.54) is 36.2 Å². The summed E-state index contributed by atoms with van der Waals surface area (Å²) in [5.74, 6) is 0.595. The van der Waals surface area contributed by atoms with E-state index in [1.54, 1.807) is 0 Å². The summed E-state index contributed by atoms with van der Waals surface area (Å²) in [6.07, 6.45) is 3.73. The summed E-state index contributed by atoms with van der Waals surface area (Å²) in [4.78, 5) is 6.10. The zero-order chi connectivity index (χ0) is 15.8. The lowest BCUT2D eigenvalue weighted by Crippen LogP contribution is -2.26. The summed E-state index contributed by atoms with van der Waals surface area (Å²) >= 11 is 0. The topological polar surface area (TPSA) is 17.4 Å². The van der Waals surface area contributed by atoms with E-state index < -0.39 is 0 Å². The smallest absolute Gasteiger partial charge is 0.0828 e. The maximum atomic E-state index is 6.10. The van der Waals surface area contributed by atoms with Gasteiger partial charge in [-0.05, 0) is 37.5 Å². The Morgan fingerprint density at radius 2 is 2.00 bits per heavy atom. The molecular weight excluding hydrogens is 284 g/mol. The van der Waals surface area contributed by atoms with Crippen LogP contribution in [0.2, 0.25) is 0 Å². The van der Waals surface area contributed by atoms with Crippen molar-refractivity contribution in [1.82, 2.24) is 9.63 Å². The van der Waals surface area contributed by atoms with Gasteiger partial charge in [-0.1, -0.05) is 43.7 Å². The molecule has 2 aromatic rings. The van der Waals surface area contributed by atoms with Gasteiger partial charge in [-0.3, -0.25) is 4.84 Å². The van der Waals surface area contributed by atoms with Crippen molar-refractivity contribution in [2.75, 3.05) is 6.61 Å². The summed E-state index contributed by atoms with van der Waals surface area (Å²) in [7, 11) is 0. The SMILES string of the molecule is CCCCc1ccc2n1C[C@H]1CON([C@H](C)c3ccccc3)[C@@H]21. The largest absolute Gasteiger partial charge is 0.347 e. The summed E-state index contributed by atoms with van der Waals surface area (Å²) in [5, 5.41) is 2.24. The minimum Gasteiger partial charge on any atom is -0.347 e. The lowest BCUT2D eigenvalue weighted by molar-refractivity contribution is -0.162. The third-order valence-corrected chi connectivity index (χ3v) is 5.43. The van der Waals surface area contributed by atoms with Crippen LogP contribution in [-0.4, -0.2) is 16.2 Å². The van der Waals surface area contributed by atoms with Gasteiger partial charge in [0.05, 0.1) is 18.7 Å². The predicted octanol–water partition coefficient (Wildman–Crippen LogP) is 4.51. The minimum atomic E-state index is 0.284. The van der Waals surface area contributed by atoms with Crippen molar-refractivity contribution < 1.29 is 4.84 Å². The first kappa shape index (κ1) is 15.0. The van der Waals surface area contributed by atoms with Gasteiger partial charge < -0.3 is 4.57 Å². The molecule has 23 heavy (non-hydrogen) atoms. The number of benzene rings is 1. The standard InChI is InChI=1S/C20H26N2O/c1-3-4-10-18-11-12-19-20-17(13-21(18)19)14-23-22(20)15(2)16-8-6-5-7-9-16/h5-9,11-12,15,17,20H,3-4,10,13-14H2,1-2H3/t15-,17+,20-/m1/s1. The van der Waals surface area contributed by atoms with Gasteiger partial charge in [0.25, 0.3) is 0 Å². The lowest BCUT2D eigenvalue weighted by atomic mass is 10.00. The number of unbranched alkanes of at least 4 members (excludes halogenated alkanes) is 1. The maximum absolute atomic E-state index is 6.10. The quantitative estimate of drug-likeness (QED) is 0.808. The fraction of sp³-hybridized carbons (Fsp3) is 0.500. The number of aryl methyl sites for hydroxylation is 1. The van der Waals surface area contributed by atoms with Crippen LogP contribution < -0.4 is 0 Å². The third kappa shape index (κ3) is 2.52. The maximum Gasteiger partial charge on any atom is 0.0828 e. The Morgan fingerprint density at radius 1 is 1.17 bits per heavy atom. The molecule has 3 atom stereocenters. The number of hydroxylamine groups is 2. The summed E-state index contributed by atoms with van der Waals surface area (Å²) < 4.78 is 2.55. The van der Waals surface area contributed by atoms with Crippen LogP contribution in [0.15, 0.2) is 42.5 Å². The fourth-order valence-electron chi connectivity index (χ4n) is 4.14. The third-order valence-electron chi connectivity index (χ3n) is 5.43. The highest BCUT2D eigenvalue weighted by Crippen LogP contribution is 2.46. The molecule has 0 saturated carbocycles. The monoisotopic (exact) mass is 310 g/mol. The van der Waals surface area contributed by atoms with Crippen molar-refractivity contribution in [1.29, 1.82) is 0 Å². The highest BCUT2D eigenvalue weighted by molar-refractivity contribution is 5.26. The number of hydrogen-bond donors (Lipinski definition) is 0. The molecule has 3 heteroatoms. The van der Waals surface area contributed by atoms with E-state index in [9.17, 15) is 0 Å². The Kier molecular flexibility index (Phi) is 4.00. The Hall–Kier alpha value is -1.58. The second-order valence-electron chi connectivity index (χ2n) is 6.91. The van der Waals surface area contributed by atoms with Crippen molar-refractivity contribution in [3.8, 4) is 0 Å². The van der Waals surface area contributed by atoms with Crippen LogP contribution in [0.25, 0.3) is 0 Å². The van der Waals surface area contributed by atoms with Gasteiger partial charge in [0.15, 0.2) is 0 Å². The van der Waals surface area contributed by atoms with Crippen molar-refractivity contribution in [2.45, 2.75) is 51.7 Å². The van der Waals surface area contributed by atoms with E-state index in [2.05, 4.69) is 65.9 Å². The van der Waals surface area contributed by atoms with Crippen LogP contribution in [-0.2, 0) is 17.8 Å². The van der Waals surface area contributed by atoms with Crippen LogP contribution in [0.5, 0.6) is 0 Å². The first-order valence-electron chi connectivity index (χ1n) is 8.94. The molecule has 0 bridgehead atoms. The predicted molar refractivity (Wildman–Crippen MR) is 91.9 cm³/mol. The van der Waals surface area contributed by atoms with Crippen molar-refractivity contribution in [3.05, 3.63) is 59.4 Å². The Bertz CT molecular complexity index is 664. The summed E-state index contributed by atoms with van der Waals surface area (Å²) in [5.41, 5.74) is 4.27. The highest BCUT2D eigenvalue weighted by atomic mass is 16.7. The van der Waals surface area contributed by atoms with E-state index in [4.69, 9.17) is 4.84 Å². The first-order valence-corrected chi connectivity index (χ1v) is 8.94. The van der Waals surface area contributed by atoms with Gasteiger partial charge in [0, 0.05) is 23.9 Å². The number of fused-ring (bicyclic) bond motifs is 3. The number of nitrogens with zero attached hydrogens (tertiary/aromatic N) is 2. The fourth-order valence-corrected chi connectivity index (χ4v) is 4.14. The number of aromatic nitrogens is 1. The van der Waals surface area contributed by atoms with Crippen LogP contribution in [0.4, 0.5) is 0 Å². The zero-order valence-electron chi connectivity index (χ0n) is 14.1. The molecule has 0 N–H and O–H groups in total. The molecule has 0 radical (unpaired) electrons. The molecule has 3 heterocycles. The molecule has 2 aliphatic heterocycles. The molecular formula is C20H26N2O. The van der Waals surface area contributed by atoms with Crippen LogP contribution in [0.1, 0.15) is 55.7 Å². The van der Waals surface area contributed by atoms with Gasteiger partial charge in [-0.2, -0.15) is 5.06 Å². The van der Waals surface area contributed by atoms with E-state index in [1.807, 2.05) is 0 Å². The Morgan fingerprint density at radius 3 is 2.78 bits per heavy atom. The molecule has 1 aromatic heterocycles. The Balaban J connectivity index is 1.59. The van der Waals surface area contributed by atoms with Crippen molar-refractivity contribution in [3.63, 3.8) is 0 Å². The molecule has 4 rings (SSSR count). The normalized spacial score (nSPS) is 24.6. The van der Waals surface area contributed by atoms with Gasteiger partial charge in [-0.25, -0.2) is 0 Å². The second-order valence-corrected chi connectivity index (χ2v) is 6.91. The van der Waals surface area contributed by atoms with Gasteiger partial charge >= 0.3 is 0 Å². The first-order chi connectivity index (χ1) is 11.3. The number of hydrogen-bond acceptors (Lipinski definition) is 2. The summed E-state index contributed by atoms with van der Waals surface area (Å²) in [6, 6.07) is 16.0. The molecule has 0 unspecified atom stereocenters. The van der Waals surface area contributed by atoms with Crippen LogP contribution >= 0.6 is 0 Å². The van der Waals surface area contributed by atoms with Crippen molar-refractivity contribution >= 4 is 0 Å². The molecule has 122 valence electrons. The highest BCUT2D eigenvalue weighted by Gasteiger charge is 2.45. The van der Waals surface area contributed by atoms with Gasteiger partial charge in [0.1, 0.15) is 0 Å². The van der Waals surface area contributed by atoms with E-state index >= 15 is 0 Å². The number of rotatable bonds is 5. The average molecular weight is 310 g/mol. The van der Waals surface area contributed by atoms with E-state index in [0.29, 0.717) is 12.0 Å². The molecule has 0 spiro atoms. The molecule has 1 aromatic carbocycles. The minimum absolute atomic E-state index is 0.284. The Labute approximate surface area is 138 Å². The average Bonchev–Trinajstić information content (AvgIpc) is 3.25. The molecule has 0 aliphatic carbocycles. The molecule has 0 amide bonds. The zero-order valence-corrected chi connectivity index (χ0v) is 14.1. The second kappa shape index (κ2) is 6.14. The lowest BCUT2D eigenvalue weighted by Gasteiger charge is -2.28. The van der Waals surface area contributed by atoms with Gasteiger partial charge in [0.2, 0.25) is 0 Å².